The van der Waals surface area contributed by atoms with Crippen molar-refractivity contribution in [3.8, 4) is 0 Å². The topological polar surface area (TPSA) is 49.4 Å². The van der Waals surface area contributed by atoms with Crippen molar-refractivity contribution < 1.29 is 9.59 Å². The molecule has 1 N–H and O–H groups in total. The lowest BCUT2D eigenvalue weighted by Crippen LogP contribution is -2.34. The van der Waals surface area contributed by atoms with Crippen molar-refractivity contribution in [3.63, 3.8) is 0 Å². The van der Waals surface area contributed by atoms with E-state index in [1.807, 2.05) is 42.2 Å². The second-order valence-corrected chi connectivity index (χ2v) is 6.43. The first-order valence-corrected chi connectivity index (χ1v) is 8.13. The molecule has 4 nitrogen and oxygen atoms in total. The monoisotopic (exact) mass is 302 g/mol. The van der Waals surface area contributed by atoms with Gasteiger partial charge >= 0.3 is 0 Å². The summed E-state index contributed by atoms with van der Waals surface area (Å²) >= 11 is 0. The largest absolute Gasteiger partial charge is 0.356 e. The standard InChI is InChI=1S/C18H26N2O2/c1-4-20(12-14-8-6-5-7-9-14)18(22)16-10-15(16)17(21)19-11-13(2)3/h5-9,13,15-16H,4,10-12H2,1-3H3,(H,19,21). The van der Waals surface area contributed by atoms with Crippen LogP contribution in [-0.2, 0) is 16.1 Å². The van der Waals surface area contributed by atoms with Gasteiger partial charge in [-0.3, -0.25) is 9.59 Å². The number of nitrogens with zero attached hydrogens (tertiary/aromatic N) is 1. The first-order chi connectivity index (χ1) is 10.5. The van der Waals surface area contributed by atoms with Gasteiger partial charge in [0.25, 0.3) is 0 Å². The second-order valence-electron chi connectivity index (χ2n) is 6.43. The van der Waals surface area contributed by atoms with Crippen LogP contribution in [0.25, 0.3) is 0 Å². The zero-order valence-electron chi connectivity index (χ0n) is 13.7. The molecule has 2 amide bonds. The Kier molecular flexibility index (Phi) is 5.58. The molecule has 120 valence electrons. The van der Waals surface area contributed by atoms with Gasteiger partial charge in [0, 0.05) is 19.6 Å². The van der Waals surface area contributed by atoms with Gasteiger partial charge in [0.15, 0.2) is 0 Å². The molecule has 1 aromatic carbocycles. The third-order valence-corrected chi connectivity index (χ3v) is 4.04. The first kappa shape index (κ1) is 16.5. The summed E-state index contributed by atoms with van der Waals surface area (Å²) in [5.41, 5.74) is 1.12. The fourth-order valence-electron chi connectivity index (χ4n) is 2.58. The predicted octanol–water partition coefficient (Wildman–Crippen LogP) is 2.44. The summed E-state index contributed by atoms with van der Waals surface area (Å²) in [5.74, 6) is 0.313. The Morgan fingerprint density at radius 1 is 1.23 bits per heavy atom. The molecule has 4 heteroatoms. The van der Waals surface area contributed by atoms with Crippen molar-refractivity contribution in [2.75, 3.05) is 13.1 Å². The summed E-state index contributed by atoms with van der Waals surface area (Å²) in [5, 5.41) is 2.93. The number of hydrogen-bond acceptors (Lipinski definition) is 2. The van der Waals surface area contributed by atoms with Crippen molar-refractivity contribution in [1.82, 2.24) is 10.2 Å². The van der Waals surface area contributed by atoms with Crippen LogP contribution in [0.3, 0.4) is 0 Å². The lowest BCUT2D eigenvalue weighted by molar-refractivity contribution is -0.135. The summed E-state index contributed by atoms with van der Waals surface area (Å²) in [6.07, 6.45) is 0.689. The Hall–Kier alpha value is -1.84. The van der Waals surface area contributed by atoms with E-state index < -0.39 is 0 Å². The van der Waals surface area contributed by atoms with Gasteiger partial charge < -0.3 is 10.2 Å². The van der Waals surface area contributed by atoms with E-state index >= 15 is 0 Å². The maximum atomic E-state index is 12.5. The van der Waals surface area contributed by atoms with E-state index in [-0.39, 0.29) is 23.7 Å². The molecule has 0 heterocycles. The smallest absolute Gasteiger partial charge is 0.226 e. The Balaban J connectivity index is 1.87. The molecule has 0 saturated heterocycles. The average Bonchev–Trinajstić information content (AvgIpc) is 3.31. The molecule has 1 aromatic rings. The Bertz CT molecular complexity index is 513. The molecule has 0 radical (unpaired) electrons. The summed E-state index contributed by atoms with van der Waals surface area (Å²) in [4.78, 5) is 26.4. The van der Waals surface area contributed by atoms with Crippen LogP contribution in [0.1, 0.15) is 32.8 Å². The maximum absolute atomic E-state index is 12.5. The van der Waals surface area contributed by atoms with E-state index in [1.165, 1.54) is 0 Å². The van der Waals surface area contributed by atoms with Crippen LogP contribution < -0.4 is 5.32 Å². The molecule has 1 saturated carbocycles. The van der Waals surface area contributed by atoms with E-state index in [1.54, 1.807) is 0 Å². The summed E-state index contributed by atoms with van der Waals surface area (Å²) in [6.45, 7) is 8.08. The van der Waals surface area contributed by atoms with Gasteiger partial charge in [-0.05, 0) is 24.8 Å². The van der Waals surface area contributed by atoms with Crippen LogP contribution in [0.5, 0.6) is 0 Å². The minimum absolute atomic E-state index is 0.0304. The van der Waals surface area contributed by atoms with Crippen molar-refractivity contribution in [3.05, 3.63) is 35.9 Å². The van der Waals surface area contributed by atoms with Crippen molar-refractivity contribution in [2.45, 2.75) is 33.7 Å². The molecule has 2 unspecified atom stereocenters. The number of nitrogens with one attached hydrogen (secondary N) is 1. The molecule has 0 aromatic heterocycles. The molecular weight excluding hydrogens is 276 g/mol. The summed E-state index contributed by atoms with van der Waals surface area (Å²) in [7, 11) is 0. The minimum atomic E-state index is -0.129. The van der Waals surface area contributed by atoms with Gasteiger partial charge in [-0.2, -0.15) is 0 Å². The highest BCUT2D eigenvalue weighted by molar-refractivity contribution is 5.92. The zero-order chi connectivity index (χ0) is 16.1. The molecule has 0 bridgehead atoms. The van der Waals surface area contributed by atoms with Gasteiger partial charge in [0.05, 0.1) is 11.8 Å². The third kappa shape index (κ3) is 4.33. The fraction of sp³-hybridized carbons (Fsp3) is 0.556. The minimum Gasteiger partial charge on any atom is -0.356 e. The Morgan fingerprint density at radius 3 is 2.50 bits per heavy atom. The van der Waals surface area contributed by atoms with Crippen LogP contribution in [0.2, 0.25) is 0 Å². The molecule has 1 aliphatic carbocycles. The number of benzene rings is 1. The first-order valence-electron chi connectivity index (χ1n) is 8.13. The number of hydrogen-bond donors (Lipinski definition) is 1. The zero-order valence-corrected chi connectivity index (χ0v) is 13.7. The number of carbonyl (C=O) groups excluding carboxylic acids is 2. The molecule has 22 heavy (non-hydrogen) atoms. The van der Waals surface area contributed by atoms with E-state index in [9.17, 15) is 9.59 Å². The van der Waals surface area contributed by atoms with E-state index in [2.05, 4.69) is 19.2 Å². The predicted molar refractivity (Wildman–Crippen MR) is 87.0 cm³/mol. The molecule has 0 spiro atoms. The van der Waals surface area contributed by atoms with Crippen LogP contribution in [-0.4, -0.2) is 29.8 Å². The van der Waals surface area contributed by atoms with Crippen LogP contribution in [0, 0.1) is 17.8 Å². The normalized spacial score (nSPS) is 19.8. The maximum Gasteiger partial charge on any atom is 0.226 e. The Morgan fingerprint density at radius 2 is 1.91 bits per heavy atom. The molecule has 2 rings (SSSR count). The van der Waals surface area contributed by atoms with Crippen molar-refractivity contribution in [1.29, 1.82) is 0 Å². The third-order valence-electron chi connectivity index (χ3n) is 4.04. The fourth-order valence-corrected chi connectivity index (χ4v) is 2.58. The van der Waals surface area contributed by atoms with E-state index in [4.69, 9.17) is 0 Å². The van der Waals surface area contributed by atoms with Crippen LogP contribution >= 0.6 is 0 Å². The Labute approximate surface area is 132 Å². The highest BCUT2D eigenvalue weighted by atomic mass is 16.2. The van der Waals surface area contributed by atoms with Gasteiger partial charge in [-0.15, -0.1) is 0 Å². The quantitative estimate of drug-likeness (QED) is 0.841. The van der Waals surface area contributed by atoms with Gasteiger partial charge in [0.1, 0.15) is 0 Å². The van der Waals surface area contributed by atoms with E-state index in [0.717, 1.165) is 5.56 Å². The molecule has 1 aliphatic rings. The van der Waals surface area contributed by atoms with E-state index in [0.29, 0.717) is 32.0 Å². The second kappa shape index (κ2) is 7.43. The van der Waals surface area contributed by atoms with Crippen molar-refractivity contribution in [2.24, 2.45) is 17.8 Å². The SMILES string of the molecule is CCN(Cc1ccccc1)C(=O)C1CC1C(=O)NCC(C)C. The highest BCUT2D eigenvalue weighted by Crippen LogP contribution is 2.40. The average molecular weight is 302 g/mol. The molecule has 0 aliphatic heterocycles. The molecule has 1 fully saturated rings. The highest BCUT2D eigenvalue weighted by Gasteiger charge is 2.49. The molecule has 2 atom stereocenters. The van der Waals surface area contributed by atoms with Gasteiger partial charge in [0.2, 0.25) is 11.8 Å². The van der Waals surface area contributed by atoms with Crippen LogP contribution in [0.15, 0.2) is 30.3 Å². The number of carbonyl (C=O) groups is 2. The number of amides is 2. The summed E-state index contributed by atoms with van der Waals surface area (Å²) in [6, 6.07) is 9.97. The summed E-state index contributed by atoms with van der Waals surface area (Å²) < 4.78 is 0. The molecular formula is C18H26N2O2. The number of rotatable bonds is 7. The van der Waals surface area contributed by atoms with Gasteiger partial charge in [-0.25, -0.2) is 0 Å². The lowest BCUT2D eigenvalue weighted by Gasteiger charge is -2.21. The lowest BCUT2D eigenvalue weighted by atomic mass is 10.2. The van der Waals surface area contributed by atoms with Crippen LogP contribution in [0.4, 0.5) is 0 Å². The van der Waals surface area contributed by atoms with Crippen molar-refractivity contribution >= 4 is 11.8 Å². The van der Waals surface area contributed by atoms with Gasteiger partial charge in [-0.1, -0.05) is 44.2 Å².